The summed E-state index contributed by atoms with van der Waals surface area (Å²) in [5.74, 6) is 1.58. The van der Waals surface area contributed by atoms with Crippen molar-refractivity contribution in [1.82, 2.24) is 14.8 Å². The molecule has 0 spiro atoms. The first kappa shape index (κ1) is 14.5. The highest BCUT2D eigenvalue weighted by atomic mass is 16.5. The lowest BCUT2D eigenvalue weighted by atomic mass is 10.1. The maximum absolute atomic E-state index is 9.69. The summed E-state index contributed by atoms with van der Waals surface area (Å²) in [5, 5.41) is 13.8. The predicted molar refractivity (Wildman–Crippen MR) is 76.6 cm³/mol. The summed E-state index contributed by atoms with van der Waals surface area (Å²) in [4.78, 5) is 4.19. The quantitative estimate of drug-likeness (QED) is 0.878. The van der Waals surface area contributed by atoms with Crippen molar-refractivity contribution in [2.75, 3.05) is 0 Å². The Kier molecular flexibility index (Phi) is 4.74. The van der Waals surface area contributed by atoms with Gasteiger partial charge in [-0.25, -0.2) is 9.67 Å². The third-order valence-corrected chi connectivity index (χ3v) is 3.46. The zero-order valence-electron chi connectivity index (χ0n) is 12.2. The molecular formula is C15H21N3O2. The molecule has 0 fully saturated rings. The van der Waals surface area contributed by atoms with Gasteiger partial charge >= 0.3 is 0 Å². The van der Waals surface area contributed by atoms with Crippen molar-refractivity contribution in [1.29, 1.82) is 0 Å². The number of benzene rings is 1. The molecule has 1 aromatic heterocycles. The fourth-order valence-corrected chi connectivity index (χ4v) is 1.90. The summed E-state index contributed by atoms with van der Waals surface area (Å²) >= 11 is 0. The number of aliphatic hydroxyl groups is 1. The van der Waals surface area contributed by atoms with Crippen LogP contribution in [0.4, 0.5) is 0 Å². The summed E-state index contributed by atoms with van der Waals surface area (Å²) < 4.78 is 7.51. The van der Waals surface area contributed by atoms with Crippen molar-refractivity contribution in [2.24, 2.45) is 0 Å². The zero-order valence-corrected chi connectivity index (χ0v) is 12.2. The summed E-state index contributed by atoms with van der Waals surface area (Å²) in [6.07, 6.45) is 1.78. The Morgan fingerprint density at radius 1 is 1.35 bits per heavy atom. The van der Waals surface area contributed by atoms with Gasteiger partial charge in [0.1, 0.15) is 18.7 Å². The molecular weight excluding hydrogens is 254 g/mol. The number of nitrogens with zero attached hydrogens (tertiary/aromatic N) is 3. The molecule has 5 heteroatoms. The molecule has 0 saturated heterocycles. The van der Waals surface area contributed by atoms with Gasteiger partial charge in [0, 0.05) is 0 Å². The molecule has 1 N–H and O–H groups in total. The monoisotopic (exact) mass is 275 g/mol. The highest BCUT2D eigenvalue weighted by Crippen LogP contribution is 2.21. The average Bonchev–Trinajstić information content (AvgIpc) is 2.87. The van der Waals surface area contributed by atoms with Crippen LogP contribution in [0.2, 0.25) is 0 Å². The Bertz CT molecular complexity index is 566. The second kappa shape index (κ2) is 6.52. The summed E-state index contributed by atoms with van der Waals surface area (Å²) in [7, 11) is 0. The Hall–Kier alpha value is -1.88. The standard InChI is InChI=1S/C15H21N3O2/c1-4-13(19)8-18-15(16-10-17-18)9-20-14-7-5-6-11(2)12(14)3/h5-7,10,13,19H,4,8-9H2,1-3H3. The minimum atomic E-state index is -0.406. The largest absolute Gasteiger partial charge is 0.485 e. The van der Waals surface area contributed by atoms with Crippen LogP contribution in [0.15, 0.2) is 24.5 Å². The van der Waals surface area contributed by atoms with Crippen LogP contribution in [0.3, 0.4) is 0 Å². The highest BCUT2D eigenvalue weighted by Gasteiger charge is 2.10. The summed E-state index contributed by atoms with van der Waals surface area (Å²) in [6.45, 7) is 6.83. The van der Waals surface area contributed by atoms with E-state index in [2.05, 4.69) is 23.1 Å². The average molecular weight is 275 g/mol. The van der Waals surface area contributed by atoms with Gasteiger partial charge < -0.3 is 9.84 Å². The molecule has 0 saturated carbocycles. The topological polar surface area (TPSA) is 60.2 Å². The van der Waals surface area contributed by atoms with E-state index >= 15 is 0 Å². The van der Waals surface area contributed by atoms with Gasteiger partial charge in [0.2, 0.25) is 0 Å². The summed E-state index contributed by atoms with van der Waals surface area (Å²) in [6, 6.07) is 5.98. The van der Waals surface area contributed by atoms with E-state index in [-0.39, 0.29) is 0 Å². The fourth-order valence-electron chi connectivity index (χ4n) is 1.90. The van der Waals surface area contributed by atoms with E-state index in [0.29, 0.717) is 19.6 Å². The predicted octanol–water partition coefficient (Wildman–Crippen LogP) is 2.24. The van der Waals surface area contributed by atoms with Crippen LogP contribution in [-0.2, 0) is 13.2 Å². The number of hydrogen-bond acceptors (Lipinski definition) is 4. The SMILES string of the molecule is CCC(O)Cn1ncnc1COc1cccc(C)c1C. The molecule has 1 atom stereocenters. The van der Waals surface area contributed by atoms with E-state index in [1.807, 2.05) is 26.0 Å². The van der Waals surface area contributed by atoms with Crippen LogP contribution in [-0.4, -0.2) is 26.0 Å². The van der Waals surface area contributed by atoms with Crippen LogP contribution in [0.25, 0.3) is 0 Å². The van der Waals surface area contributed by atoms with Gasteiger partial charge in [0.25, 0.3) is 0 Å². The molecule has 2 aromatic rings. The normalized spacial score (nSPS) is 12.4. The highest BCUT2D eigenvalue weighted by molar-refractivity contribution is 5.38. The van der Waals surface area contributed by atoms with E-state index in [0.717, 1.165) is 17.1 Å². The first-order chi connectivity index (χ1) is 9.61. The van der Waals surface area contributed by atoms with Crippen LogP contribution >= 0.6 is 0 Å². The van der Waals surface area contributed by atoms with Crippen molar-refractivity contribution >= 4 is 0 Å². The molecule has 5 nitrogen and oxygen atoms in total. The molecule has 0 radical (unpaired) electrons. The molecule has 108 valence electrons. The lowest BCUT2D eigenvalue weighted by molar-refractivity contribution is 0.141. The van der Waals surface area contributed by atoms with Gasteiger partial charge in [-0.3, -0.25) is 0 Å². The van der Waals surface area contributed by atoms with Gasteiger partial charge in [-0.1, -0.05) is 19.1 Å². The minimum Gasteiger partial charge on any atom is -0.485 e. The Balaban J connectivity index is 2.04. The molecule has 0 aliphatic rings. The molecule has 1 aromatic carbocycles. The molecule has 0 amide bonds. The van der Waals surface area contributed by atoms with Crippen molar-refractivity contribution < 1.29 is 9.84 Å². The molecule has 0 aliphatic heterocycles. The Morgan fingerprint density at radius 2 is 2.15 bits per heavy atom. The molecule has 2 rings (SSSR count). The number of aryl methyl sites for hydroxylation is 1. The van der Waals surface area contributed by atoms with Crippen LogP contribution in [0.1, 0.15) is 30.3 Å². The van der Waals surface area contributed by atoms with Crippen LogP contribution in [0.5, 0.6) is 5.75 Å². The molecule has 0 bridgehead atoms. The van der Waals surface area contributed by atoms with Gasteiger partial charge in [0.15, 0.2) is 5.82 Å². The second-order valence-corrected chi connectivity index (χ2v) is 4.91. The fraction of sp³-hybridized carbons (Fsp3) is 0.467. The van der Waals surface area contributed by atoms with Crippen molar-refractivity contribution in [3.8, 4) is 5.75 Å². The number of rotatable bonds is 6. The minimum absolute atomic E-state index is 0.348. The van der Waals surface area contributed by atoms with Crippen LogP contribution in [0, 0.1) is 13.8 Å². The smallest absolute Gasteiger partial charge is 0.164 e. The van der Waals surface area contributed by atoms with Crippen LogP contribution < -0.4 is 4.74 Å². The number of aliphatic hydroxyl groups excluding tert-OH is 1. The first-order valence-corrected chi connectivity index (χ1v) is 6.85. The maximum Gasteiger partial charge on any atom is 0.164 e. The zero-order chi connectivity index (χ0) is 14.5. The van der Waals surface area contributed by atoms with Crippen molar-refractivity contribution in [2.45, 2.75) is 46.4 Å². The van der Waals surface area contributed by atoms with E-state index in [9.17, 15) is 5.11 Å². The van der Waals surface area contributed by atoms with Gasteiger partial charge in [-0.15, -0.1) is 0 Å². The third kappa shape index (κ3) is 3.36. The number of hydrogen-bond donors (Lipinski definition) is 1. The van der Waals surface area contributed by atoms with Crippen molar-refractivity contribution in [3.05, 3.63) is 41.5 Å². The third-order valence-electron chi connectivity index (χ3n) is 3.46. The first-order valence-electron chi connectivity index (χ1n) is 6.85. The number of ether oxygens (including phenoxy) is 1. The number of aromatic nitrogens is 3. The lowest BCUT2D eigenvalue weighted by Crippen LogP contribution is -2.19. The second-order valence-electron chi connectivity index (χ2n) is 4.91. The lowest BCUT2D eigenvalue weighted by Gasteiger charge is -2.12. The van der Waals surface area contributed by atoms with Gasteiger partial charge in [-0.05, 0) is 37.5 Å². The molecule has 0 aliphatic carbocycles. The Morgan fingerprint density at radius 3 is 2.90 bits per heavy atom. The van der Waals surface area contributed by atoms with E-state index in [1.165, 1.54) is 11.9 Å². The van der Waals surface area contributed by atoms with E-state index in [4.69, 9.17) is 4.74 Å². The Labute approximate surface area is 119 Å². The molecule has 1 heterocycles. The van der Waals surface area contributed by atoms with E-state index < -0.39 is 6.10 Å². The molecule has 20 heavy (non-hydrogen) atoms. The maximum atomic E-state index is 9.69. The summed E-state index contributed by atoms with van der Waals surface area (Å²) in [5.41, 5.74) is 2.33. The van der Waals surface area contributed by atoms with Gasteiger partial charge in [0.05, 0.1) is 12.6 Å². The molecule has 1 unspecified atom stereocenters. The van der Waals surface area contributed by atoms with E-state index in [1.54, 1.807) is 4.68 Å². The van der Waals surface area contributed by atoms with Gasteiger partial charge in [-0.2, -0.15) is 5.10 Å². The van der Waals surface area contributed by atoms with Crippen molar-refractivity contribution in [3.63, 3.8) is 0 Å².